The maximum atomic E-state index is 13.5. The van der Waals surface area contributed by atoms with E-state index in [9.17, 15) is 13.2 Å². The van der Waals surface area contributed by atoms with Crippen LogP contribution in [0.4, 0.5) is 16.4 Å². The normalized spacial score (nSPS) is 11.2. The number of ether oxygens (including phenoxy) is 1. The number of halogens is 1. The van der Waals surface area contributed by atoms with Crippen LogP contribution in [0.15, 0.2) is 88.7 Å². The van der Waals surface area contributed by atoms with Gasteiger partial charge in [-0.05, 0) is 48.5 Å². The van der Waals surface area contributed by atoms with Gasteiger partial charge in [0, 0.05) is 11.3 Å². The Hall–Kier alpha value is -3.33. The molecular formula is C24H19ClN2O4S2. The molecule has 0 aliphatic rings. The number of rotatable bonds is 7. The molecule has 0 unspecified atom stereocenters. The smallest absolute Gasteiger partial charge is 0.211 e. The van der Waals surface area contributed by atoms with Gasteiger partial charge in [0.15, 0.2) is 0 Å². The van der Waals surface area contributed by atoms with Crippen molar-refractivity contribution in [3.63, 3.8) is 0 Å². The number of anilines is 3. The predicted octanol–water partition coefficient (Wildman–Crippen LogP) is 5.80. The van der Waals surface area contributed by atoms with E-state index >= 15 is 0 Å². The molecule has 3 aromatic carbocycles. The Balaban J connectivity index is 1.87. The number of ketones is 1. The molecule has 33 heavy (non-hydrogen) atoms. The SMILES string of the molecule is COc1ccc(Nc2sc(C(=O)c3ccccc3Cl)c(N)c2S(=O)(=O)c2ccccc2)cc1. The average Bonchev–Trinajstić information content (AvgIpc) is 3.16. The van der Waals surface area contributed by atoms with Crippen molar-refractivity contribution in [2.24, 2.45) is 0 Å². The van der Waals surface area contributed by atoms with Gasteiger partial charge in [0.05, 0.1) is 22.7 Å². The second-order valence-electron chi connectivity index (χ2n) is 6.98. The predicted molar refractivity (Wildman–Crippen MR) is 132 cm³/mol. The Morgan fingerprint density at radius 1 is 0.970 bits per heavy atom. The molecule has 0 aliphatic carbocycles. The van der Waals surface area contributed by atoms with Crippen LogP contribution in [0.25, 0.3) is 0 Å². The number of carbonyl (C=O) groups is 1. The van der Waals surface area contributed by atoms with Gasteiger partial charge in [-0.2, -0.15) is 0 Å². The molecular weight excluding hydrogens is 480 g/mol. The molecule has 9 heteroatoms. The highest BCUT2D eigenvalue weighted by atomic mass is 35.5. The van der Waals surface area contributed by atoms with Crippen molar-refractivity contribution in [3.05, 3.63) is 94.3 Å². The number of thiophene rings is 1. The summed E-state index contributed by atoms with van der Waals surface area (Å²) in [5, 5.41) is 3.59. The zero-order valence-corrected chi connectivity index (χ0v) is 19.8. The Morgan fingerprint density at radius 3 is 2.24 bits per heavy atom. The lowest BCUT2D eigenvalue weighted by Gasteiger charge is -2.10. The number of nitrogen functional groups attached to an aromatic ring is 1. The summed E-state index contributed by atoms with van der Waals surface area (Å²) in [5.41, 5.74) is 7.05. The second-order valence-corrected chi connectivity index (χ2v) is 10.3. The van der Waals surface area contributed by atoms with Gasteiger partial charge in [0.25, 0.3) is 0 Å². The van der Waals surface area contributed by atoms with E-state index in [1.807, 2.05) is 0 Å². The van der Waals surface area contributed by atoms with Crippen LogP contribution in [0.3, 0.4) is 0 Å². The quantitative estimate of drug-likeness (QED) is 0.312. The van der Waals surface area contributed by atoms with Gasteiger partial charge in [0.2, 0.25) is 15.6 Å². The Kier molecular flexibility index (Phi) is 6.42. The van der Waals surface area contributed by atoms with E-state index in [-0.39, 0.29) is 35.9 Å². The summed E-state index contributed by atoms with van der Waals surface area (Å²) < 4.78 is 32.2. The van der Waals surface area contributed by atoms with Crippen LogP contribution in [0, 0.1) is 0 Å². The zero-order chi connectivity index (χ0) is 23.6. The summed E-state index contributed by atoms with van der Waals surface area (Å²) in [4.78, 5) is 13.3. The summed E-state index contributed by atoms with van der Waals surface area (Å²) in [6.07, 6.45) is 0. The number of hydrogen-bond acceptors (Lipinski definition) is 7. The molecule has 1 heterocycles. The summed E-state index contributed by atoms with van der Waals surface area (Å²) in [6, 6.07) is 21.5. The molecule has 3 N–H and O–H groups in total. The molecule has 0 spiro atoms. The maximum Gasteiger partial charge on any atom is 0.211 e. The van der Waals surface area contributed by atoms with E-state index in [4.69, 9.17) is 22.1 Å². The third kappa shape index (κ3) is 4.45. The topological polar surface area (TPSA) is 98.5 Å². The molecule has 0 saturated heterocycles. The number of methoxy groups -OCH3 is 1. The number of carbonyl (C=O) groups excluding carboxylic acids is 1. The van der Waals surface area contributed by atoms with Gasteiger partial charge in [-0.3, -0.25) is 4.79 Å². The molecule has 0 bridgehead atoms. The molecule has 4 aromatic rings. The maximum absolute atomic E-state index is 13.5. The third-order valence-electron chi connectivity index (χ3n) is 4.89. The first-order valence-electron chi connectivity index (χ1n) is 9.75. The monoisotopic (exact) mass is 498 g/mol. The lowest BCUT2D eigenvalue weighted by Crippen LogP contribution is -2.08. The minimum Gasteiger partial charge on any atom is -0.497 e. The summed E-state index contributed by atoms with van der Waals surface area (Å²) in [7, 11) is -2.47. The van der Waals surface area contributed by atoms with Crippen LogP contribution in [0.2, 0.25) is 5.02 Å². The molecule has 0 amide bonds. The first-order chi connectivity index (χ1) is 15.8. The minimum atomic E-state index is -4.03. The van der Waals surface area contributed by atoms with Crippen LogP contribution < -0.4 is 15.8 Å². The molecule has 0 saturated carbocycles. The number of nitrogens with two attached hydrogens (primary N) is 1. The molecule has 1 aromatic heterocycles. The number of sulfone groups is 1. The molecule has 6 nitrogen and oxygen atoms in total. The van der Waals surface area contributed by atoms with Crippen molar-refractivity contribution in [3.8, 4) is 5.75 Å². The van der Waals surface area contributed by atoms with Crippen LogP contribution in [0.1, 0.15) is 15.2 Å². The fourth-order valence-electron chi connectivity index (χ4n) is 3.24. The summed E-state index contributed by atoms with van der Waals surface area (Å²) >= 11 is 7.18. The molecule has 0 atom stereocenters. The lowest BCUT2D eigenvalue weighted by atomic mass is 10.1. The van der Waals surface area contributed by atoms with Crippen LogP contribution in [0.5, 0.6) is 5.75 Å². The van der Waals surface area contributed by atoms with Gasteiger partial charge in [-0.1, -0.05) is 41.9 Å². The van der Waals surface area contributed by atoms with Crippen molar-refractivity contribution < 1.29 is 17.9 Å². The molecule has 4 rings (SSSR count). The minimum absolute atomic E-state index is 0.0732. The largest absolute Gasteiger partial charge is 0.497 e. The highest BCUT2D eigenvalue weighted by Crippen LogP contribution is 2.44. The number of benzene rings is 3. The van der Waals surface area contributed by atoms with Gasteiger partial charge < -0.3 is 15.8 Å². The fraction of sp³-hybridized carbons (Fsp3) is 0.0417. The highest BCUT2D eigenvalue weighted by Gasteiger charge is 2.32. The molecule has 0 aliphatic heterocycles. The van der Waals surface area contributed by atoms with Crippen LogP contribution in [-0.2, 0) is 9.84 Å². The van der Waals surface area contributed by atoms with E-state index < -0.39 is 15.6 Å². The lowest BCUT2D eigenvalue weighted by molar-refractivity contribution is 0.104. The van der Waals surface area contributed by atoms with E-state index in [0.29, 0.717) is 11.4 Å². The Labute approximate surface area is 200 Å². The molecule has 168 valence electrons. The molecule has 0 fully saturated rings. The number of hydrogen-bond donors (Lipinski definition) is 2. The third-order valence-corrected chi connectivity index (χ3v) is 8.33. The van der Waals surface area contributed by atoms with Gasteiger partial charge in [-0.15, -0.1) is 11.3 Å². The summed E-state index contributed by atoms with van der Waals surface area (Å²) in [5.74, 6) is 0.202. The Bertz CT molecular complexity index is 1420. The van der Waals surface area contributed by atoms with Crippen molar-refractivity contribution in [2.75, 3.05) is 18.2 Å². The van der Waals surface area contributed by atoms with E-state index in [1.54, 1.807) is 73.8 Å². The van der Waals surface area contributed by atoms with Gasteiger partial charge in [0.1, 0.15) is 20.5 Å². The zero-order valence-electron chi connectivity index (χ0n) is 17.4. The first kappa shape index (κ1) is 22.8. The standard InChI is InChI=1S/C24H19ClN2O4S2/c1-31-16-13-11-15(12-14-16)27-24-23(33(29,30)17-7-3-2-4-8-17)20(26)22(32-24)21(28)18-9-5-6-10-19(18)25/h2-14,27H,26H2,1H3. The fourth-order valence-corrected chi connectivity index (χ4v) is 6.41. The summed E-state index contributed by atoms with van der Waals surface area (Å²) in [6.45, 7) is 0. The van der Waals surface area contributed by atoms with Crippen LogP contribution in [-0.4, -0.2) is 21.3 Å². The van der Waals surface area contributed by atoms with E-state index in [0.717, 1.165) is 11.3 Å². The van der Waals surface area contributed by atoms with Crippen molar-refractivity contribution in [2.45, 2.75) is 9.79 Å². The second kappa shape index (κ2) is 9.27. The Morgan fingerprint density at radius 2 is 1.61 bits per heavy atom. The first-order valence-corrected chi connectivity index (χ1v) is 12.4. The molecule has 0 radical (unpaired) electrons. The highest BCUT2D eigenvalue weighted by molar-refractivity contribution is 7.92. The average molecular weight is 499 g/mol. The van der Waals surface area contributed by atoms with Gasteiger partial charge in [-0.25, -0.2) is 8.42 Å². The number of nitrogens with one attached hydrogen (secondary N) is 1. The van der Waals surface area contributed by atoms with E-state index in [1.165, 1.54) is 12.1 Å². The van der Waals surface area contributed by atoms with Gasteiger partial charge >= 0.3 is 0 Å². The van der Waals surface area contributed by atoms with Crippen molar-refractivity contribution in [1.29, 1.82) is 0 Å². The van der Waals surface area contributed by atoms with Crippen molar-refractivity contribution >= 4 is 54.9 Å². The van der Waals surface area contributed by atoms with E-state index in [2.05, 4.69) is 5.32 Å². The van der Waals surface area contributed by atoms with Crippen molar-refractivity contribution in [1.82, 2.24) is 0 Å². The van der Waals surface area contributed by atoms with Crippen LogP contribution >= 0.6 is 22.9 Å².